The van der Waals surface area contributed by atoms with E-state index in [0.29, 0.717) is 12.1 Å². The number of nitrogens with one attached hydrogen (secondary N) is 1. The van der Waals surface area contributed by atoms with Crippen LogP contribution in [0.25, 0.3) is 0 Å². The Bertz CT molecular complexity index is 619. The van der Waals surface area contributed by atoms with Crippen molar-refractivity contribution in [3.63, 3.8) is 0 Å². The molecule has 0 aliphatic carbocycles. The van der Waals surface area contributed by atoms with Crippen LogP contribution in [0.3, 0.4) is 0 Å². The van der Waals surface area contributed by atoms with Crippen molar-refractivity contribution in [1.82, 2.24) is 10.2 Å². The summed E-state index contributed by atoms with van der Waals surface area (Å²) in [4.78, 5) is 13.6. The maximum Gasteiger partial charge on any atom is 0.303 e. The molecule has 1 aromatic carbocycles. The summed E-state index contributed by atoms with van der Waals surface area (Å²) in [6, 6.07) is 9.80. The Morgan fingerprint density at radius 3 is 2.87 bits per heavy atom. The van der Waals surface area contributed by atoms with E-state index < -0.39 is 6.10 Å². The van der Waals surface area contributed by atoms with E-state index in [-0.39, 0.29) is 5.97 Å². The van der Waals surface area contributed by atoms with Gasteiger partial charge in [0.2, 0.25) is 0 Å². The molecule has 1 N–H and O–H groups in total. The van der Waals surface area contributed by atoms with Crippen molar-refractivity contribution in [2.24, 2.45) is 0 Å². The fourth-order valence-electron chi connectivity index (χ4n) is 2.48. The summed E-state index contributed by atoms with van der Waals surface area (Å²) in [5.74, 6) is -0.370. The van der Waals surface area contributed by atoms with E-state index in [1.807, 2.05) is 24.3 Å². The van der Waals surface area contributed by atoms with Gasteiger partial charge in [0.1, 0.15) is 6.10 Å². The molecule has 0 saturated carbocycles. The number of piperazine rings is 1. The standard InChI is InChI=1S/C17H20BrN3O2/c1-13(22)23-17(15-3-2-4-16(18)10-15)9-14(11-19)12-21-7-5-20-6-8-21/h2-4,9-10,17,20H,5-8,12H2,1H3/b14-9+. The van der Waals surface area contributed by atoms with Crippen LogP contribution in [-0.4, -0.2) is 43.6 Å². The smallest absolute Gasteiger partial charge is 0.303 e. The topological polar surface area (TPSA) is 65.4 Å². The molecule has 1 unspecified atom stereocenters. The Hall–Kier alpha value is -1.68. The summed E-state index contributed by atoms with van der Waals surface area (Å²) in [7, 11) is 0. The van der Waals surface area contributed by atoms with E-state index in [1.165, 1.54) is 6.92 Å². The van der Waals surface area contributed by atoms with Crippen molar-refractivity contribution in [2.45, 2.75) is 13.0 Å². The number of ether oxygens (including phenoxy) is 1. The lowest BCUT2D eigenvalue weighted by Crippen LogP contribution is -2.44. The van der Waals surface area contributed by atoms with E-state index >= 15 is 0 Å². The van der Waals surface area contributed by atoms with Crippen molar-refractivity contribution in [3.8, 4) is 6.07 Å². The summed E-state index contributed by atoms with van der Waals surface area (Å²) in [6.07, 6.45) is 1.19. The zero-order valence-electron chi connectivity index (χ0n) is 13.1. The largest absolute Gasteiger partial charge is 0.453 e. The van der Waals surface area contributed by atoms with Gasteiger partial charge in [-0.3, -0.25) is 9.69 Å². The summed E-state index contributed by atoms with van der Waals surface area (Å²) in [5, 5.41) is 12.7. The summed E-state index contributed by atoms with van der Waals surface area (Å²) in [5.41, 5.74) is 1.45. The van der Waals surface area contributed by atoms with E-state index in [0.717, 1.165) is 36.2 Å². The highest BCUT2D eigenvalue weighted by atomic mass is 79.9. The van der Waals surface area contributed by atoms with Crippen molar-refractivity contribution in [3.05, 3.63) is 46.0 Å². The minimum atomic E-state index is -0.553. The van der Waals surface area contributed by atoms with Crippen LogP contribution in [0.5, 0.6) is 0 Å². The van der Waals surface area contributed by atoms with Gasteiger partial charge < -0.3 is 10.1 Å². The molecule has 0 amide bonds. The van der Waals surface area contributed by atoms with Crippen molar-refractivity contribution < 1.29 is 9.53 Å². The summed E-state index contributed by atoms with van der Waals surface area (Å²) >= 11 is 3.42. The van der Waals surface area contributed by atoms with Crippen LogP contribution in [0.1, 0.15) is 18.6 Å². The van der Waals surface area contributed by atoms with Crippen LogP contribution in [0.2, 0.25) is 0 Å². The van der Waals surface area contributed by atoms with Crippen LogP contribution in [0, 0.1) is 11.3 Å². The lowest BCUT2D eigenvalue weighted by molar-refractivity contribution is -0.144. The first-order chi connectivity index (χ1) is 11.1. The molecular weight excluding hydrogens is 358 g/mol. The zero-order valence-corrected chi connectivity index (χ0v) is 14.7. The number of esters is 1. The van der Waals surface area contributed by atoms with Gasteiger partial charge in [0, 0.05) is 49.7 Å². The van der Waals surface area contributed by atoms with Crippen molar-refractivity contribution >= 4 is 21.9 Å². The maximum atomic E-state index is 11.4. The molecule has 23 heavy (non-hydrogen) atoms. The van der Waals surface area contributed by atoms with E-state index in [2.05, 4.69) is 32.2 Å². The Morgan fingerprint density at radius 2 is 2.26 bits per heavy atom. The van der Waals surface area contributed by atoms with Gasteiger partial charge in [-0.1, -0.05) is 28.1 Å². The lowest BCUT2D eigenvalue weighted by atomic mass is 10.1. The highest BCUT2D eigenvalue weighted by molar-refractivity contribution is 9.10. The molecule has 0 spiro atoms. The van der Waals surface area contributed by atoms with Crippen molar-refractivity contribution in [2.75, 3.05) is 32.7 Å². The second kappa shape index (κ2) is 8.82. The van der Waals surface area contributed by atoms with E-state index in [9.17, 15) is 10.1 Å². The number of halogens is 1. The first-order valence-electron chi connectivity index (χ1n) is 7.55. The van der Waals surface area contributed by atoms with Crippen LogP contribution in [-0.2, 0) is 9.53 Å². The molecule has 0 aromatic heterocycles. The van der Waals surface area contributed by atoms with Gasteiger partial charge in [-0.15, -0.1) is 0 Å². The molecule has 1 saturated heterocycles. The molecule has 1 atom stereocenters. The van der Waals surface area contributed by atoms with E-state index in [1.54, 1.807) is 6.08 Å². The van der Waals surface area contributed by atoms with Crippen LogP contribution in [0.15, 0.2) is 40.4 Å². The lowest BCUT2D eigenvalue weighted by Gasteiger charge is -2.27. The molecule has 1 fully saturated rings. The van der Waals surface area contributed by atoms with Gasteiger partial charge in [0.05, 0.1) is 6.07 Å². The molecular formula is C17H20BrN3O2. The molecule has 0 radical (unpaired) electrons. The fourth-order valence-corrected chi connectivity index (χ4v) is 2.90. The van der Waals surface area contributed by atoms with Crippen molar-refractivity contribution in [1.29, 1.82) is 5.26 Å². The predicted molar refractivity (Wildman–Crippen MR) is 91.7 cm³/mol. The molecule has 0 bridgehead atoms. The van der Waals surface area contributed by atoms with Crippen LogP contribution >= 0.6 is 15.9 Å². The number of carbonyl (C=O) groups is 1. The SMILES string of the molecule is CC(=O)OC(/C=C(\C#N)CN1CCNCC1)c1cccc(Br)c1. The number of rotatable bonds is 5. The minimum Gasteiger partial charge on any atom is -0.453 e. The number of hydrogen-bond acceptors (Lipinski definition) is 5. The van der Waals surface area contributed by atoms with E-state index in [4.69, 9.17) is 4.74 Å². The highest BCUT2D eigenvalue weighted by Gasteiger charge is 2.16. The van der Waals surface area contributed by atoms with Gasteiger partial charge in [0.15, 0.2) is 0 Å². The van der Waals surface area contributed by atoms with Gasteiger partial charge in [-0.05, 0) is 23.8 Å². The Kier molecular flexibility index (Phi) is 6.78. The normalized spacial score (nSPS) is 17.3. The Balaban J connectivity index is 2.19. The van der Waals surface area contributed by atoms with Crippen LogP contribution < -0.4 is 5.32 Å². The first-order valence-corrected chi connectivity index (χ1v) is 8.34. The van der Waals surface area contributed by atoms with Gasteiger partial charge in [-0.2, -0.15) is 5.26 Å². The third kappa shape index (κ3) is 5.79. The average molecular weight is 378 g/mol. The molecule has 122 valence electrons. The molecule has 1 heterocycles. The number of nitrogens with zero attached hydrogens (tertiary/aromatic N) is 2. The second-order valence-electron chi connectivity index (χ2n) is 5.41. The molecule has 1 aromatic rings. The first kappa shape index (κ1) is 17.7. The fraction of sp³-hybridized carbons (Fsp3) is 0.412. The summed E-state index contributed by atoms with van der Waals surface area (Å²) in [6.45, 7) is 5.63. The summed E-state index contributed by atoms with van der Waals surface area (Å²) < 4.78 is 6.30. The Morgan fingerprint density at radius 1 is 1.52 bits per heavy atom. The molecule has 1 aliphatic rings. The quantitative estimate of drug-likeness (QED) is 0.630. The number of hydrogen-bond donors (Lipinski definition) is 1. The third-order valence-electron chi connectivity index (χ3n) is 3.57. The number of carbonyl (C=O) groups excluding carboxylic acids is 1. The highest BCUT2D eigenvalue weighted by Crippen LogP contribution is 2.24. The molecule has 5 nitrogen and oxygen atoms in total. The van der Waals surface area contributed by atoms with Crippen LogP contribution in [0.4, 0.5) is 0 Å². The monoisotopic (exact) mass is 377 g/mol. The Labute approximate surface area is 145 Å². The van der Waals surface area contributed by atoms with Gasteiger partial charge in [0.25, 0.3) is 0 Å². The number of nitriles is 1. The minimum absolute atomic E-state index is 0.370. The number of benzene rings is 1. The molecule has 2 rings (SSSR count). The maximum absolute atomic E-state index is 11.4. The molecule has 6 heteroatoms. The third-order valence-corrected chi connectivity index (χ3v) is 4.06. The molecule has 1 aliphatic heterocycles. The zero-order chi connectivity index (χ0) is 16.7. The average Bonchev–Trinajstić information content (AvgIpc) is 2.54. The van der Waals surface area contributed by atoms with Gasteiger partial charge in [-0.25, -0.2) is 0 Å². The second-order valence-corrected chi connectivity index (χ2v) is 6.33. The predicted octanol–water partition coefficient (Wildman–Crippen LogP) is 2.41. The van der Waals surface area contributed by atoms with Gasteiger partial charge >= 0.3 is 5.97 Å².